The fraction of sp³-hybridized carbons (Fsp3) is 0.667. The molecule has 1 N–H and O–H groups in total. The molecule has 1 aliphatic carbocycles. The van der Waals surface area contributed by atoms with Gasteiger partial charge in [0, 0.05) is 18.2 Å². The van der Waals surface area contributed by atoms with Crippen LogP contribution in [0.5, 0.6) is 11.5 Å². The number of hydrogen-bond donors (Lipinski definition) is 1. The van der Waals surface area contributed by atoms with Crippen molar-refractivity contribution in [2.75, 3.05) is 7.11 Å². The first-order valence-electron chi connectivity index (χ1n) is 8.16. The molecule has 1 aromatic carbocycles. The zero-order valence-corrected chi connectivity index (χ0v) is 13.8. The van der Waals surface area contributed by atoms with Crippen molar-refractivity contribution in [3.8, 4) is 11.5 Å². The van der Waals surface area contributed by atoms with Crippen LogP contribution >= 0.6 is 0 Å². The molecule has 2 unspecified atom stereocenters. The standard InChI is InChI=1S/C18H29NO2/c1-13(2)21-18-15(8-6-10-17(18)20-4)12-19-16-9-5-7-14(3)11-16/h6,8,10,13-14,16,19H,5,7,9,11-12H2,1-4H3. The lowest BCUT2D eigenvalue weighted by molar-refractivity contribution is 0.226. The number of hydrogen-bond acceptors (Lipinski definition) is 3. The Morgan fingerprint density at radius 1 is 1.29 bits per heavy atom. The average molecular weight is 291 g/mol. The monoisotopic (exact) mass is 291 g/mol. The normalized spacial score (nSPS) is 22.3. The first kappa shape index (κ1) is 16.2. The SMILES string of the molecule is COc1cccc(CNC2CCCC(C)C2)c1OC(C)C. The molecule has 1 saturated carbocycles. The predicted molar refractivity (Wildman–Crippen MR) is 87.0 cm³/mol. The fourth-order valence-electron chi connectivity index (χ4n) is 3.10. The highest BCUT2D eigenvalue weighted by atomic mass is 16.5. The molecule has 118 valence electrons. The van der Waals surface area contributed by atoms with Crippen molar-refractivity contribution in [2.24, 2.45) is 5.92 Å². The van der Waals surface area contributed by atoms with E-state index < -0.39 is 0 Å². The van der Waals surface area contributed by atoms with Gasteiger partial charge in [-0.15, -0.1) is 0 Å². The second-order valence-corrected chi connectivity index (χ2v) is 6.46. The van der Waals surface area contributed by atoms with Crippen molar-refractivity contribution in [1.29, 1.82) is 0 Å². The largest absolute Gasteiger partial charge is 0.493 e. The summed E-state index contributed by atoms with van der Waals surface area (Å²) < 4.78 is 11.4. The Hall–Kier alpha value is -1.22. The number of para-hydroxylation sites is 1. The zero-order valence-electron chi connectivity index (χ0n) is 13.8. The maximum atomic E-state index is 5.96. The number of benzene rings is 1. The van der Waals surface area contributed by atoms with Crippen LogP contribution < -0.4 is 14.8 Å². The molecule has 0 spiro atoms. The average Bonchev–Trinajstić information content (AvgIpc) is 2.45. The van der Waals surface area contributed by atoms with Crippen LogP contribution in [0.1, 0.15) is 52.0 Å². The van der Waals surface area contributed by atoms with Gasteiger partial charge in [0.25, 0.3) is 0 Å². The molecule has 0 saturated heterocycles. The van der Waals surface area contributed by atoms with Crippen LogP contribution in [-0.4, -0.2) is 19.3 Å². The molecule has 3 nitrogen and oxygen atoms in total. The molecule has 0 heterocycles. The minimum Gasteiger partial charge on any atom is -0.493 e. The summed E-state index contributed by atoms with van der Waals surface area (Å²) in [5.74, 6) is 2.54. The lowest BCUT2D eigenvalue weighted by Crippen LogP contribution is -2.33. The molecule has 0 radical (unpaired) electrons. The Labute approximate surface area is 129 Å². The summed E-state index contributed by atoms with van der Waals surface area (Å²) >= 11 is 0. The van der Waals surface area contributed by atoms with E-state index in [2.05, 4.69) is 18.3 Å². The van der Waals surface area contributed by atoms with Gasteiger partial charge < -0.3 is 14.8 Å². The van der Waals surface area contributed by atoms with Crippen molar-refractivity contribution >= 4 is 0 Å². The summed E-state index contributed by atoms with van der Waals surface area (Å²) in [5.41, 5.74) is 1.18. The van der Waals surface area contributed by atoms with Gasteiger partial charge in [-0.25, -0.2) is 0 Å². The van der Waals surface area contributed by atoms with Gasteiger partial charge in [0.1, 0.15) is 0 Å². The Morgan fingerprint density at radius 2 is 2.10 bits per heavy atom. The van der Waals surface area contributed by atoms with Crippen LogP contribution in [-0.2, 0) is 6.54 Å². The number of nitrogens with one attached hydrogen (secondary N) is 1. The third-order valence-electron chi connectivity index (χ3n) is 4.15. The van der Waals surface area contributed by atoms with Crippen molar-refractivity contribution in [1.82, 2.24) is 5.32 Å². The zero-order chi connectivity index (χ0) is 15.2. The summed E-state index contributed by atoms with van der Waals surface area (Å²) in [6.07, 6.45) is 5.43. The van der Waals surface area contributed by atoms with Gasteiger partial charge in [-0.05, 0) is 38.7 Å². The van der Waals surface area contributed by atoms with Crippen molar-refractivity contribution < 1.29 is 9.47 Å². The van der Waals surface area contributed by atoms with E-state index in [-0.39, 0.29) is 6.10 Å². The Balaban J connectivity index is 2.04. The van der Waals surface area contributed by atoms with Crippen molar-refractivity contribution in [2.45, 2.75) is 65.1 Å². The van der Waals surface area contributed by atoms with Gasteiger partial charge in [0.15, 0.2) is 11.5 Å². The molecule has 1 aliphatic rings. The van der Waals surface area contributed by atoms with Gasteiger partial charge in [-0.2, -0.15) is 0 Å². The third-order valence-corrected chi connectivity index (χ3v) is 4.15. The third kappa shape index (κ3) is 4.63. The Morgan fingerprint density at radius 3 is 2.76 bits per heavy atom. The minimum atomic E-state index is 0.148. The summed E-state index contributed by atoms with van der Waals surface area (Å²) in [5, 5.41) is 3.70. The van der Waals surface area contributed by atoms with Crippen molar-refractivity contribution in [3.05, 3.63) is 23.8 Å². The molecular weight excluding hydrogens is 262 g/mol. The minimum absolute atomic E-state index is 0.148. The van der Waals surface area contributed by atoms with Crippen LogP contribution in [0.2, 0.25) is 0 Å². The van der Waals surface area contributed by atoms with E-state index in [0.29, 0.717) is 6.04 Å². The quantitative estimate of drug-likeness (QED) is 0.854. The highest BCUT2D eigenvalue weighted by Gasteiger charge is 2.19. The number of rotatable bonds is 6. The smallest absolute Gasteiger partial charge is 0.166 e. The maximum absolute atomic E-state index is 5.96. The van der Waals surface area contributed by atoms with E-state index >= 15 is 0 Å². The summed E-state index contributed by atoms with van der Waals surface area (Å²) in [4.78, 5) is 0. The highest BCUT2D eigenvalue weighted by Crippen LogP contribution is 2.32. The summed E-state index contributed by atoms with van der Waals surface area (Å²) in [7, 11) is 1.70. The van der Waals surface area contributed by atoms with E-state index in [9.17, 15) is 0 Å². The predicted octanol–water partition coefficient (Wildman–Crippen LogP) is 4.15. The van der Waals surface area contributed by atoms with Crippen LogP contribution in [0.25, 0.3) is 0 Å². The number of methoxy groups -OCH3 is 1. The van der Waals surface area contributed by atoms with Crippen LogP contribution in [0, 0.1) is 5.92 Å². The lowest BCUT2D eigenvalue weighted by atomic mass is 9.87. The Kier molecular flexibility index (Phi) is 5.92. The maximum Gasteiger partial charge on any atom is 0.166 e. The van der Waals surface area contributed by atoms with Crippen LogP contribution in [0.4, 0.5) is 0 Å². The summed E-state index contributed by atoms with van der Waals surface area (Å²) in [6, 6.07) is 6.75. The van der Waals surface area contributed by atoms with Crippen LogP contribution in [0.3, 0.4) is 0 Å². The van der Waals surface area contributed by atoms with E-state index in [0.717, 1.165) is 24.0 Å². The van der Waals surface area contributed by atoms with Gasteiger partial charge in [-0.1, -0.05) is 31.9 Å². The second kappa shape index (κ2) is 7.69. The highest BCUT2D eigenvalue weighted by molar-refractivity contribution is 5.46. The molecule has 0 aromatic heterocycles. The molecule has 0 bridgehead atoms. The molecule has 21 heavy (non-hydrogen) atoms. The first-order chi connectivity index (χ1) is 10.1. The molecule has 2 rings (SSSR count). The molecule has 3 heteroatoms. The Bertz CT molecular complexity index is 445. The van der Waals surface area contributed by atoms with E-state index in [4.69, 9.17) is 9.47 Å². The van der Waals surface area contributed by atoms with Gasteiger partial charge >= 0.3 is 0 Å². The van der Waals surface area contributed by atoms with Crippen molar-refractivity contribution in [3.63, 3.8) is 0 Å². The van der Waals surface area contributed by atoms with Gasteiger partial charge in [0.05, 0.1) is 13.2 Å². The first-order valence-corrected chi connectivity index (χ1v) is 8.16. The van der Waals surface area contributed by atoms with E-state index in [1.165, 1.54) is 31.2 Å². The molecule has 1 aromatic rings. The molecule has 2 atom stereocenters. The molecule has 1 fully saturated rings. The van der Waals surface area contributed by atoms with E-state index in [1.54, 1.807) is 7.11 Å². The molecular formula is C18H29NO2. The van der Waals surface area contributed by atoms with Gasteiger partial charge in [-0.3, -0.25) is 0 Å². The topological polar surface area (TPSA) is 30.5 Å². The van der Waals surface area contributed by atoms with E-state index in [1.807, 2.05) is 26.0 Å². The molecule has 0 aliphatic heterocycles. The number of ether oxygens (including phenoxy) is 2. The van der Waals surface area contributed by atoms with Crippen LogP contribution in [0.15, 0.2) is 18.2 Å². The summed E-state index contributed by atoms with van der Waals surface area (Å²) in [6.45, 7) is 7.29. The molecule has 0 amide bonds. The lowest BCUT2D eigenvalue weighted by Gasteiger charge is -2.28. The van der Waals surface area contributed by atoms with Gasteiger partial charge in [0.2, 0.25) is 0 Å². The fourth-order valence-corrected chi connectivity index (χ4v) is 3.10. The second-order valence-electron chi connectivity index (χ2n) is 6.46.